The van der Waals surface area contributed by atoms with Gasteiger partial charge in [0.25, 0.3) is 0 Å². The van der Waals surface area contributed by atoms with Gasteiger partial charge in [0.05, 0.1) is 11.3 Å². The number of halogens is 1. The molecule has 0 unspecified atom stereocenters. The zero-order valence-electron chi connectivity index (χ0n) is 22.0. The summed E-state index contributed by atoms with van der Waals surface area (Å²) >= 11 is 0. The summed E-state index contributed by atoms with van der Waals surface area (Å²) in [6, 6.07) is 18.5. The number of amides is 1. The van der Waals surface area contributed by atoms with Crippen molar-refractivity contribution in [3.63, 3.8) is 0 Å². The standard InChI is InChI=1S/C30H34FN5O2/c1-4-24(27-8-5-6-17-35-27)29(22-12-15-26(32)25(20-22)30(31)33)21-10-13-23(14-11-21)38-19-18-34-16-7-9-28(37)36(2)3/h5-15,17,20,33-34H,4,16,18-19,32H2,1-3H3/b9-7+,29-24+,33-30?. The van der Waals surface area contributed by atoms with Crippen LogP contribution in [0.5, 0.6) is 5.75 Å². The van der Waals surface area contributed by atoms with Gasteiger partial charge in [0.1, 0.15) is 12.4 Å². The van der Waals surface area contributed by atoms with Crippen LogP contribution in [0.3, 0.4) is 0 Å². The van der Waals surface area contributed by atoms with Crippen LogP contribution in [0.1, 0.15) is 35.7 Å². The second kappa shape index (κ2) is 13.9. The lowest BCUT2D eigenvalue weighted by molar-refractivity contribution is -0.123. The van der Waals surface area contributed by atoms with Crippen LogP contribution in [0.15, 0.2) is 79.0 Å². The Labute approximate surface area is 223 Å². The Morgan fingerprint density at radius 3 is 2.50 bits per heavy atom. The molecule has 0 aliphatic heterocycles. The molecule has 0 radical (unpaired) electrons. The van der Waals surface area contributed by atoms with E-state index < -0.39 is 5.97 Å². The van der Waals surface area contributed by atoms with Gasteiger partial charge in [0.2, 0.25) is 11.9 Å². The zero-order chi connectivity index (χ0) is 27.5. The van der Waals surface area contributed by atoms with Crippen molar-refractivity contribution in [2.75, 3.05) is 39.5 Å². The summed E-state index contributed by atoms with van der Waals surface area (Å²) in [7, 11) is 3.42. The number of carbonyl (C=O) groups is 1. The van der Waals surface area contributed by atoms with Crippen molar-refractivity contribution in [3.05, 3.63) is 101 Å². The molecule has 4 N–H and O–H groups in total. The van der Waals surface area contributed by atoms with Crippen LogP contribution < -0.4 is 15.8 Å². The minimum absolute atomic E-state index is 0.0519. The summed E-state index contributed by atoms with van der Waals surface area (Å²) in [6.07, 6.45) is 5.76. The Hall–Kier alpha value is -4.30. The lowest BCUT2D eigenvalue weighted by Crippen LogP contribution is -2.22. The van der Waals surface area contributed by atoms with Gasteiger partial charge in [0, 0.05) is 45.1 Å². The average molecular weight is 516 g/mol. The molecule has 1 aromatic heterocycles. The average Bonchev–Trinajstić information content (AvgIpc) is 2.92. The molecule has 0 aliphatic carbocycles. The lowest BCUT2D eigenvalue weighted by atomic mass is 9.89. The first-order valence-corrected chi connectivity index (χ1v) is 12.4. The number of likely N-dealkylation sites (N-methyl/N-ethyl adjacent to an activating group) is 1. The predicted molar refractivity (Wildman–Crippen MR) is 152 cm³/mol. The third-order valence-electron chi connectivity index (χ3n) is 5.86. The molecule has 3 rings (SSSR count). The van der Waals surface area contributed by atoms with Crippen LogP contribution in [-0.2, 0) is 4.79 Å². The number of carbonyl (C=O) groups excluding carboxylic acids is 1. The largest absolute Gasteiger partial charge is 0.492 e. The van der Waals surface area contributed by atoms with Gasteiger partial charge in [-0.05, 0) is 65.1 Å². The molecule has 1 heterocycles. The molecule has 38 heavy (non-hydrogen) atoms. The Morgan fingerprint density at radius 1 is 1.13 bits per heavy atom. The van der Waals surface area contributed by atoms with Gasteiger partial charge in [-0.15, -0.1) is 0 Å². The molecule has 1 amide bonds. The molecule has 0 atom stereocenters. The molecule has 2 aromatic carbocycles. The quantitative estimate of drug-likeness (QED) is 0.137. The third-order valence-corrected chi connectivity index (χ3v) is 5.86. The molecule has 0 aliphatic rings. The highest BCUT2D eigenvalue weighted by molar-refractivity contribution is 6.02. The highest BCUT2D eigenvalue weighted by Crippen LogP contribution is 2.35. The Kier molecular flexibility index (Phi) is 10.3. The van der Waals surface area contributed by atoms with Crippen molar-refractivity contribution in [2.45, 2.75) is 13.3 Å². The van der Waals surface area contributed by atoms with E-state index in [1.54, 1.807) is 38.5 Å². The van der Waals surface area contributed by atoms with E-state index >= 15 is 0 Å². The number of anilines is 1. The number of nitrogens with two attached hydrogens (primary N) is 1. The molecule has 8 heteroatoms. The lowest BCUT2D eigenvalue weighted by Gasteiger charge is -2.17. The second-order valence-corrected chi connectivity index (χ2v) is 8.75. The molecule has 3 aromatic rings. The smallest absolute Gasteiger partial charge is 0.245 e. The van der Waals surface area contributed by atoms with Gasteiger partial charge < -0.3 is 20.7 Å². The minimum Gasteiger partial charge on any atom is -0.492 e. The van der Waals surface area contributed by atoms with E-state index in [1.807, 2.05) is 48.5 Å². The maximum Gasteiger partial charge on any atom is 0.245 e. The number of ether oxygens (including phenoxy) is 1. The predicted octanol–water partition coefficient (Wildman–Crippen LogP) is 4.94. The van der Waals surface area contributed by atoms with Crippen molar-refractivity contribution in [3.8, 4) is 5.75 Å². The molecule has 198 valence electrons. The van der Waals surface area contributed by atoms with E-state index in [0.29, 0.717) is 31.9 Å². The number of benzene rings is 2. The van der Waals surface area contributed by atoms with Crippen molar-refractivity contribution in [2.24, 2.45) is 0 Å². The monoisotopic (exact) mass is 515 g/mol. The number of aromatic nitrogens is 1. The maximum atomic E-state index is 13.9. The topological polar surface area (TPSA) is 104 Å². The van der Waals surface area contributed by atoms with E-state index in [9.17, 15) is 9.18 Å². The van der Waals surface area contributed by atoms with Crippen molar-refractivity contribution < 1.29 is 13.9 Å². The van der Waals surface area contributed by atoms with E-state index in [0.717, 1.165) is 28.0 Å². The molecule has 0 fully saturated rings. The van der Waals surface area contributed by atoms with Gasteiger partial charge >= 0.3 is 0 Å². The van der Waals surface area contributed by atoms with Crippen LogP contribution in [0, 0.1) is 5.41 Å². The number of pyridine rings is 1. The van der Waals surface area contributed by atoms with Crippen molar-refractivity contribution in [1.29, 1.82) is 5.41 Å². The maximum absolute atomic E-state index is 13.9. The first-order chi connectivity index (χ1) is 18.3. The van der Waals surface area contributed by atoms with E-state index in [2.05, 4.69) is 17.2 Å². The molecule has 7 nitrogen and oxygen atoms in total. The summed E-state index contributed by atoms with van der Waals surface area (Å²) in [4.78, 5) is 17.6. The Bertz CT molecular complexity index is 1300. The van der Waals surface area contributed by atoms with Crippen LogP contribution >= 0.6 is 0 Å². The molecule has 0 bridgehead atoms. The van der Waals surface area contributed by atoms with E-state index in [1.165, 1.54) is 11.0 Å². The third kappa shape index (κ3) is 7.60. The number of rotatable bonds is 12. The molecule has 0 spiro atoms. The van der Waals surface area contributed by atoms with E-state index in [-0.39, 0.29) is 17.2 Å². The SMILES string of the molecule is CC/C(=C(/c1ccc(OCCNC/C=C/C(=O)N(C)C)cc1)c1ccc(N)c(C(=N)F)c1)c1ccccn1. The number of nitrogens with one attached hydrogen (secondary N) is 2. The van der Waals surface area contributed by atoms with Crippen LogP contribution in [-0.4, -0.2) is 55.5 Å². The first-order valence-electron chi connectivity index (χ1n) is 12.4. The first kappa shape index (κ1) is 28.3. The summed E-state index contributed by atoms with van der Waals surface area (Å²) in [5.41, 5.74) is 10.6. The minimum atomic E-state index is -1.07. The number of hydrogen-bond donors (Lipinski definition) is 3. The molecular formula is C30H34FN5O2. The highest BCUT2D eigenvalue weighted by atomic mass is 19.1. The second-order valence-electron chi connectivity index (χ2n) is 8.75. The molecule has 0 saturated heterocycles. The van der Waals surface area contributed by atoms with Crippen LogP contribution in [0.2, 0.25) is 0 Å². The number of nitrogens with zero attached hydrogens (tertiary/aromatic N) is 2. The zero-order valence-corrected chi connectivity index (χ0v) is 22.0. The fourth-order valence-corrected chi connectivity index (χ4v) is 3.90. The van der Waals surface area contributed by atoms with Gasteiger partial charge in [-0.1, -0.05) is 37.3 Å². The Morgan fingerprint density at radius 2 is 1.87 bits per heavy atom. The van der Waals surface area contributed by atoms with Crippen LogP contribution in [0.4, 0.5) is 10.1 Å². The van der Waals surface area contributed by atoms with Gasteiger partial charge in [-0.2, -0.15) is 4.39 Å². The number of nitrogen functional groups attached to an aromatic ring is 1. The van der Waals surface area contributed by atoms with Gasteiger partial charge in [-0.3, -0.25) is 15.2 Å². The fraction of sp³-hybridized carbons (Fsp3) is 0.233. The van der Waals surface area contributed by atoms with Crippen molar-refractivity contribution in [1.82, 2.24) is 15.2 Å². The summed E-state index contributed by atoms with van der Waals surface area (Å²) in [5, 5.41) is 10.7. The van der Waals surface area contributed by atoms with E-state index in [4.69, 9.17) is 15.9 Å². The van der Waals surface area contributed by atoms with Crippen LogP contribution in [0.25, 0.3) is 11.1 Å². The summed E-state index contributed by atoms with van der Waals surface area (Å²) in [6.45, 7) is 3.71. The number of hydrogen-bond acceptors (Lipinski definition) is 6. The summed E-state index contributed by atoms with van der Waals surface area (Å²) < 4.78 is 19.8. The summed E-state index contributed by atoms with van der Waals surface area (Å²) in [5.74, 6) is -0.409. The van der Waals surface area contributed by atoms with Gasteiger partial charge in [0.15, 0.2) is 0 Å². The van der Waals surface area contributed by atoms with Gasteiger partial charge in [-0.25, -0.2) is 0 Å². The van der Waals surface area contributed by atoms with Crippen molar-refractivity contribution >= 4 is 28.7 Å². The highest BCUT2D eigenvalue weighted by Gasteiger charge is 2.16. The fourth-order valence-electron chi connectivity index (χ4n) is 3.90. The normalized spacial score (nSPS) is 11.8. The molecule has 0 saturated carbocycles. The molecular weight excluding hydrogens is 481 g/mol. The number of allylic oxidation sites excluding steroid dienone is 1. The Balaban J connectivity index is 1.81.